The van der Waals surface area contributed by atoms with Crippen LogP contribution in [0.2, 0.25) is 0 Å². The Kier molecular flexibility index (Phi) is 3.68. The summed E-state index contributed by atoms with van der Waals surface area (Å²) in [4.78, 5) is 0. The summed E-state index contributed by atoms with van der Waals surface area (Å²) in [7, 11) is 0. The van der Waals surface area contributed by atoms with Gasteiger partial charge in [-0.2, -0.15) is 0 Å². The van der Waals surface area contributed by atoms with Crippen molar-refractivity contribution >= 4 is 11.8 Å². The maximum absolute atomic E-state index is 10.1. The number of hydrogen-bond donors (Lipinski definition) is 0. The van der Waals surface area contributed by atoms with Crippen molar-refractivity contribution in [3.8, 4) is 0 Å². The molecule has 1 nitrogen and oxygen atoms in total. The summed E-state index contributed by atoms with van der Waals surface area (Å²) < 4.78 is 0. The molecule has 0 bridgehead atoms. The van der Waals surface area contributed by atoms with E-state index in [1.165, 1.54) is 11.8 Å². The summed E-state index contributed by atoms with van der Waals surface area (Å²) in [6.07, 6.45) is 0. The standard InChI is InChI=1S/C4H9OS/c1-3-6-4(2)5/h4H,3H2,1-2H3. The van der Waals surface area contributed by atoms with Gasteiger partial charge >= 0.3 is 0 Å². The molecule has 0 fully saturated rings. The third-order valence-corrected chi connectivity index (χ3v) is 1.20. The minimum absolute atomic E-state index is 0.435. The minimum atomic E-state index is -0.435. The van der Waals surface area contributed by atoms with Crippen LogP contribution in [0, 0.1) is 0 Å². The lowest BCUT2D eigenvalue weighted by Gasteiger charge is -1.92. The van der Waals surface area contributed by atoms with E-state index in [1.807, 2.05) is 6.92 Å². The second-order valence-corrected chi connectivity index (χ2v) is 2.60. The quantitative estimate of drug-likeness (QED) is 0.487. The zero-order valence-electron chi connectivity index (χ0n) is 4.10. The number of thioether (sulfide) groups is 1. The number of rotatable bonds is 2. The normalized spacial score (nSPS) is 14.5. The predicted molar refractivity (Wildman–Crippen MR) is 28.3 cm³/mol. The molecule has 2 heteroatoms. The molecule has 0 N–H and O–H groups in total. The van der Waals surface area contributed by atoms with Gasteiger partial charge in [0.25, 0.3) is 0 Å². The van der Waals surface area contributed by atoms with E-state index in [4.69, 9.17) is 0 Å². The highest BCUT2D eigenvalue weighted by atomic mass is 32.2. The summed E-state index contributed by atoms with van der Waals surface area (Å²) in [5, 5.41) is 10.1. The lowest BCUT2D eigenvalue weighted by molar-refractivity contribution is 0.181. The molecule has 0 aliphatic rings. The van der Waals surface area contributed by atoms with Crippen molar-refractivity contribution < 1.29 is 5.11 Å². The molecule has 0 aliphatic heterocycles. The van der Waals surface area contributed by atoms with Gasteiger partial charge in [0.1, 0.15) is 5.44 Å². The van der Waals surface area contributed by atoms with E-state index in [9.17, 15) is 5.11 Å². The van der Waals surface area contributed by atoms with Crippen molar-refractivity contribution in [1.29, 1.82) is 0 Å². The van der Waals surface area contributed by atoms with E-state index >= 15 is 0 Å². The third-order valence-electron chi connectivity index (χ3n) is 0.401. The second kappa shape index (κ2) is 3.50. The first-order chi connectivity index (χ1) is 2.77. The van der Waals surface area contributed by atoms with Gasteiger partial charge in [0.15, 0.2) is 0 Å². The Labute approximate surface area is 42.8 Å². The summed E-state index contributed by atoms with van der Waals surface area (Å²) in [5.74, 6) is 0.935. The van der Waals surface area contributed by atoms with Gasteiger partial charge in [0, 0.05) is 0 Å². The van der Waals surface area contributed by atoms with Crippen molar-refractivity contribution in [3.05, 3.63) is 0 Å². The topological polar surface area (TPSA) is 19.9 Å². The van der Waals surface area contributed by atoms with Gasteiger partial charge < -0.3 is 0 Å². The number of hydrogen-bond acceptors (Lipinski definition) is 1. The molecule has 0 rings (SSSR count). The van der Waals surface area contributed by atoms with Gasteiger partial charge in [0.2, 0.25) is 0 Å². The van der Waals surface area contributed by atoms with Crippen LogP contribution in [0.4, 0.5) is 0 Å². The second-order valence-electron chi connectivity index (χ2n) is 1.02. The van der Waals surface area contributed by atoms with Crippen LogP contribution in [0.25, 0.3) is 0 Å². The smallest absolute Gasteiger partial charge is 0.135 e. The van der Waals surface area contributed by atoms with E-state index in [-0.39, 0.29) is 0 Å². The van der Waals surface area contributed by atoms with Crippen molar-refractivity contribution in [2.45, 2.75) is 19.3 Å². The third kappa shape index (κ3) is 4.31. The summed E-state index contributed by atoms with van der Waals surface area (Å²) in [6, 6.07) is 0. The van der Waals surface area contributed by atoms with Crippen LogP contribution in [0.1, 0.15) is 13.8 Å². The van der Waals surface area contributed by atoms with E-state index in [0.717, 1.165) is 5.75 Å². The summed E-state index contributed by atoms with van der Waals surface area (Å²) >= 11 is 1.43. The predicted octanol–water partition coefficient (Wildman–Crippen LogP) is 1.52. The molecular formula is C4H9OS. The molecule has 0 aliphatic carbocycles. The fraction of sp³-hybridized carbons (Fsp3) is 1.00. The highest BCUT2D eigenvalue weighted by molar-refractivity contribution is 7.99. The van der Waals surface area contributed by atoms with E-state index < -0.39 is 5.44 Å². The molecule has 37 valence electrons. The molecule has 6 heavy (non-hydrogen) atoms. The Hall–Kier alpha value is 0.310. The van der Waals surface area contributed by atoms with Crippen molar-refractivity contribution in [2.24, 2.45) is 0 Å². The first-order valence-electron chi connectivity index (χ1n) is 2.04. The van der Waals surface area contributed by atoms with E-state index in [0.29, 0.717) is 0 Å². The van der Waals surface area contributed by atoms with Crippen LogP contribution in [-0.4, -0.2) is 11.2 Å². The molecule has 0 saturated heterocycles. The first kappa shape index (κ1) is 6.31. The molecule has 0 aromatic heterocycles. The van der Waals surface area contributed by atoms with Gasteiger partial charge in [-0.25, -0.2) is 5.11 Å². The van der Waals surface area contributed by atoms with E-state index in [1.54, 1.807) is 6.92 Å². The Morgan fingerprint density at radius 3 is 2.33 bits per heavy atom. The molecule has 0 spiro atoms. The van der Waals surface area contributed by atoms with Crippen LogP contribution in [0.15, 0.2) is 0 Å². The molecule has 1 atom stereocenters. The van der Waals surface area contributed by atoms with Gasteiger partial charge in [-0.1, -0.05) is 6.92 Å². The molecule has 0 saturated carbocycles. The van der Waals surface area contributed by atoms with Gasteiger partial charge in [-0.3, -0.25) is 0 Å². The van der Waals surface area contributed by atoms with Crippen molar-refractivity contribution in [2.75, 3.05) is 5.75 Å². The van der Waals surface area contributed by atoms with Gasteiger partial charge in [-0.05, 0) is 12.7 Å². The van der Waals surface area contributed by atoms with Gasteiger partial charge in [-0.15, -0.1) is 11.8 Å². The molecule has 0 amide bonds. The SMILES string of the molecule is CCSC(C)[O]. The Balaban J connectivity index is 2.63. The monoisotopic (exact) mass is 105 g/mol. The first-order valence-corrected chi connectivity index (χ1v) is 3.09. The van der Waals surface area contributed by atoms with Crippen LogP contribution in [0.3, 0.4) is 0 Å². The molecule has 0 aromatic carbocycles. The fourth-order valence-electron chi connectivity index (χ4n) is 0.235. The average molecular weight is 105 g/mol. The largest absolute Gasteiger partial charge is 0.222 e. The highest BCUT2D eigenvalue weighted by Crippen LogP contribution is 2.04. The zero-order valence-corrected chi connectivity index (χ0v) is 4.92. The van der Waals surface area contributed by atoms with Gasteiger partial charge in [0.05, 0.1) is 0 Å². The Morgan fingerprint density at radius 2 is 2.33 bits per heavy atom. The van der Waals surface area contributed by atoms with E-state index in [2.05, 4.69) is 0 Å². The van der Waals surface area contributed by atoms with Crippen LogP contribution in [0.5, 0.6) is 0 Å². The minimum Gasteiger partial charge on any atom is -0.222 e. The lowest BCUT2D eigenvalue weighted by Crippen LogP contribution is -1.87. The molecular weight excluding hydrogens is 96.1 g/mol. The fourth-order valence-corrected chi connectivity index (χ4v) is 0.704. The highest BCUT2D eigenvalue weighted by Gasteiger charge is 1.90. The maximum atomic E-state index is 10.1. The molecule has 1 radical (unpaired) electrons. The molecule has 0 aromatic rings. The maximum Gasteiger partial charge on any atom is 0.135 e. The summed E-state index contributed by atoms with van der Waals surface area (Å²) in [6.45, 7) is 3.65. The molecule has 0 heterocycles. The zero-order chi connectivity index (χ0) is 4.99. The lowest BCUT2D eigenvalue weighted by atomic mass is 10.9. The summed E-state index contributed by atoms with van der Waals surface area (Å²) in [5.41, 5.74) is -0.435. The Bertz CT molecular complexity index is 28.7. The van der Waals surface area contributed by atoms with Crippen LogP contribution in [-0.2, 0) is 5.11 Å². The molecule has 1 unspecified atom stereocenters. The van der Waals surface area contributed by atoms with Crippen molar-refractivity contribution in [1.82, 2.24) is 0 Å². The van der Waals surface area contributed by atoms with Crippen LogP contribution >= 0.6 is 11.8 Å². The van der Waals surface area contributed by atoms with Crippen molar-refractivity contribution in [3.63, 3.8) is 0 Å². The average Bonchev–Trinajstić information content (AvgIpc) is 1.35. The van der Waals surface area contributed by atoms with Crippen LogP contribution < -0.4 is 0 Å². The Morgan fingerprint density at radius 1 is 1.83 bits per heavy atom.